The molecule has 58 heavy (non-hydrogen) atoms. The highest BCUT2D eigenvalue weighted by Gasteiger charge is 2.22. The Bertz CT molecular complexity index is 2020. The molecule has 0 bridgehead atoms. The Balaban J connectivity index is 0.00000198. The molecule has 5 aromatic carbocycles. The second-order valence-corrected chi connectivity index (χ2v) is 14.6. The molecule has 5 rings (SSSR count). The molecule has 0 saturated heterocycles. The Morgan fingerprint density at radius 1 is 0.293 bits per heavy atom. The fourth-order valence-electron chi connectivity index (χ4n) is 7.70. The van der Waals surface area contributed by atoms with E-state index < -0.39 is 0 Å². The maximum Gasteiger partial charge on any atom is 0.122 e. The number of phenols is 5. The second kappa shape index (κ2) is 22.9. The van der Waals surface area contributed by atoms with Crippen molar-refractivity contribution in [3.8, 4) is 28.7 Å². The Kier molecular flexibility index (Phi) is 20.2. The van der Waals surface area contributed by atoms with E-state index in [4.69, 9.17) is 0 Å². The summed E-state index contributed by atoms with van der Waals surface area (Å²) in [6.45, 7) is 37.9. The van der Waals surface area contributed by atoms with Gasteiger partial charge in [0.05, 0.1) is 0 Å². The van der Waals surface area contributed by atoms with Crippen molar-refractivity contribution in [1.29, 1.82) is 0 Å². The highest BCUT2D eigenvalue weighted by Crippen LogP contribution is 2.40. The van der Waals surface area contributed by atoms with Crippen LogP contribution in [-0.2, 0) is 25.7 Å². The molecule has 0 atom stereocenters. The van der Waals surface area contributed by atoms with Gasteiger partial charge in [0, 0.05) is 31.2 Å². The van der Waals surface area contributed by atoms with Crippen molar-refractivity contribution < 1.29 is 25.5 Å². The SMILES string of the molecule is CC.CC.CC.CC.Cc1cc(Cc2c(C)cc(O)c(C)c2C)c(O)c(Cc2c(C)c(C)c(O)c(Cc3cc(C)cc(Cc4c(C)cc(O)c(C)c4C)c3O)c2C)c1. The number of phenolic OH excluding ortho intramolecular Hbond substituents is 5. The molecule has 0 unspecified atom stereocenters. The van der Waals surface area contributed by atoms with Crippen molar-refractivity contribution in [2.75, 3.05) is 0 Å². The van der Waals surface area contributed by atoms with E-state index in [1.165, 1.54) is 0 Å². The van der Waals surface area contributed by atoms with E-state index in [0.29, 0.717) is 25.7 Å². The lowest BCUT2D eigenvalue weighted by Crippen LogP contribution is -2.07. The van der Waals surface area contributed by atoms with E-state index in [1.807, 2.05) is 156 Å². The lowest BCUT2D eigenvalue weighted by Gasteiger charge is -2.22. The zero-order valence-corrected chi connectivity index (χ0v) is 39.5. The molecular formula is C53H76O5. The average molecular weight is 793 g/mol. The van der Waals surface area contributed by atoms with Crippen LogP contribution in [0.15, 0.2) is 36.4 Å². The quantitative estimate of drug-likeness (QED) is 0.108. The molecular weight excluding hydrogens is 717 g/mol. The molecule has 0 spiro atoms. The van der Waals surface area contributed by atoms with Gasteiger partial charge in [-0.3, -0.25) is 0 Å². The van der Waals surface area contributed by atoms with Gasteiger partial charge < -0.3 is 25.5 Å². The largest absolute Gasteiger partial charge is 0.508 e. The van der Waals surface area contributed by atoms with Gasteiger partial charge >= 0.3 is 0 Å². The monoisotopic (exact) mass is 793 g/mol. The topological polar surface area (TPSA) is 101 Å². The average Bonchev–Trinajstić information content (AvgIpc) is 3.21. The Labute approximate surface area is 352 Å². The number of hydrogen-bond acceptors (Lipinski definition) is 5. The van der Waals surface area contributed by atoms with Gasteiger partial charge in [-0.15, -0.1) is 0 Å². The first-order valence-corrected chi connectivity index (χ1v) is 21.4. The predicted molar refractivity (Wildman–Crippen MR) is 249 cm³/mol. The Morgan fingerprint density at radius 2 is 0.569 bits per heavy atom. The minimum atomic E-state index is 0.217. The molecule has 0 amide bonds. The first-order valence-electron chi connectivity index (χ1n) is 21.4. The van der Waals surface area contributed by atoms with Crippen molar-refractivity contribution >= 4 is 0 Å². The van der Waals surface area contributed by atoms with Crippen LogP contribution in [0.1, 0.15) is 161 Å². The highest BCUT2D eigenvalue weighted by molar-refractivity contribution is 5.60. The summed E-state index contributed by atoms with van der Waals surface area (Å²) in [6.07, 6.45) is 1.92. The van der Waals surface area contributed by atoms with E-state index in [1.54, 1.807) is 12.1 Å². The molecule has 0 aromatic heterocycles. The van der Waals surface area contributed by atoms with E-state index in [2.05, 4.69) is 0 Å². The molecule has 5 N–H and O–H groups in total. The summed E-state index contributed by atoms with van der Waals surface area (Å²) in [5.74, 6) is 1.28. The van der Waals surface area contributed by atoms with E-state index in [0.717, 1.165) is 106 Å². The molecule has 0 aliphatic rings. The standard InChI is InChI=1S/C45H52O5.4C2H6/c1-22-12-33(18-37-24(3)16-41(46)29(8)26(37)5)44(49)35(14-22)20-39-28(7)31(10)43(48)40(32(39)11)21-36-15-23(2)13-34(45(36)50)19-38-25(4)17-42(47)30(9)27(38)6;4*1-2/h12-17,46-50H,18-21H2,1-11H3;4*1-2H3. The van der Waals surface area contributed by atoms with Gasteiger partial charge in [-0.05, 0) is 177 Å². The van der Waals surface area contributed by atoms with Gasteiger partial charge in [0.25, 0.3) is 0 Å². The molecule has 0 aliphatic heterocycles. The third kappa shape index (κ3) is 11.2. The van der Waals surface area contributed by atoms with Gasteiger partial charge in [-0.1, -0.05) is 90.8 Å². The summed E-state index contributed by atoms with van der Waals surface area (Å²) in [7, 11) is 0. The summed E-state index contributed by atoms with van der Waals surface area (Å²) in [5.41, 5.74) is 17.7. The fourth-order valence-corrected chi connectivity index (χ4v) is 7.70. The number of aryl methyl sites for hydroxylation is 4. The Hall–Kier alpha value is -4.90. The lowest BCUT2D eigenvalue weighted by atomic mass is 9.84. The molecule has 5 aromatic rings. The van der Waals surface area contributed by atoms with E-state index in [9.17, 15) is 25.5 Å². The first-order chi connectivity index (χ1) is 27.4. The maximum absolute atomic E-state index is 11.7. The molecule has 5 nitrogen and oxygen atoms in total. The molecule has 0 saturated carbocycles. The molecule has 0 fully saturated rings. The zero-order valence-electron chi connectivity index (χ0n) is 39.5. The van der Waals surface area contributed by atoms with Crippen LogP contribution in [0.25, 0.3) is 0 Å². The summed E-state index contributed by atoms with van der Waals surface area (Å²) in [5, 5.41) is 55.6. The third-order valence-corrected chi connectivity index (χ3v) is 11.3. The van der Waals surface area contributed by atoms with Crippen molar-refractivity contribution in [2.45, 2.75) is 157 Å². The summed E-state index contributed by atoms with van der Waals surface area (Å²) in [4.78, 5) is 0. The van der Waals surface area contributed by atoms with E-state index in [-0.39, 0.29) is 28.7 Å². The van der Waals surface area contributed by atoms with Crippen LogP contribution in [0.5, 0.6) is 28.7 Å². The second-order valence-electron chi connectivity index (χ2n) is 14.6. The Morgan fingerprint density at radius 3 is 0.897 bits per heavy atom. The van der Waals surface area contributed by atoms with Crippen LogP contribution in [0.4, 0.5) is 0 Å². The summed E-state index contributed by atoms with van der Waals surface area (Å²) >= 11 is 0. The minimum absolute atomic E-state index is 0.217. The lowest BCUT2D eigenvalue weighted by molar-refractivity contribution is 0.456. The molecule has 5 heteroatoms. The zero-order chi connectivity index (χ0) is 44.9. The van der Waals surface area contributed by atoms with Crippen LogP contribution in [0.3, 0.4) is 0 Å². The van der Waals surface area contributed by atoms with Crippen LogP contribution < -0.4 is 0 Å². The number of hydrogen-bond donors (Lipinski definition) is 5. The highest BCUT2D eigenvalue weighted by atomic mass is 16.3. The molecule has 0 radical (unpaired) electrons. The molecule has 318 valence electrons. The normalized spacial score (nSPS) is 10.3. The summed E-state index contributed by atoms with van der Waals surface area (Å²) < 4.78 is 0. The summed E-state index contributed by atoms with van der Waals surface area (Å²) in [6, 6.07) is 11.7. The van der Waals surface area contributed by atoms with E-state index >= 15 is 0 Å². The van der Waals surface area contributed by atoms with Crippen LogP contribution >= 0.6 is 0 Å². The maximum atomic E-state index is 11.7. The van der Waals surface area contributed by atoms with Gasteiger partial charge in [0.2, 0.25) is 0 Å². The van der Waals surface area contributed by atoms with Crippen molar-refractivity contribution in [1.82, 2.24) is 0 Å². The number of benzene rings is 5. The van der Waals surface area contributed by atoms with Crippen LogP contribution in [0.2, 0.25) is 0 Å². The first kappa shape index (κ1) is 51.1. The molecule has 0 heterocycles. The fraction of sp³-hybridized carbons (Fsp3) is 0.434. The van der Waals surface area contributed by atoms with Gasteiger partial charge in [0.1, 0.15) is 28.7 Å². The van der Waals surface area contributed by atoms with Gasteiger partial charge in [-0.2, -0.15) is 0 Å². The van der Waals surface area contributed by atoms with Gasteiger partial charge in [-0.25, -0.2) is 0 Å². The number of aromatic hydroxyl groups is 5. The predicted octanol–water partition coefficient (Wildman–Crippen LogP) is 14.1. The third-order valence-electron chi connectivity index (χ3n) is 11.3. The molecule has 0 aliphatic carbocycles. The van der Waals surface area contributed by atoms with Crippen LogP contribution in [0, 0.1) is 76.2 Å². The van der Waals surface area contributed by atoms with Crippen molar-refractivity contribution in [3.63, 3.8) is 0 Å². The minimum Gasteiger partial charge on any atom is -0.508 e. The van der Waals surface area contributed by atoms with Crippen LogP contribution in [-0.4, -0.2) is 25.5 Å². The number of rotatable bonds is 8. The van der Waals surface area contributed by atoms with Crippen molar-refractivity contribution in [3.05, 3.63) is 142 Å². The van der Waals surface area contributed by atoms with Gasteiger partial charge in [0.15, 0.2) is 0 Å². The van der Waals surface area contributed by atoms with Crippen molar-refractivity contribution in [2.24, 2.45) is 0 Å². The smallest absolute Gasteiger partial charge is 0.122 e.